The molecule has 8 nitrogen and oxygen atoms in total. The average molecular weight is 458 g/mol. The second-order valence-electron chi connectivity index (χ2n) is 7.13. The molecule has 2 aromatic heterocycles. The molecule has 0 saturated heterocycles. The number of benzene rings is 3. The summed E-state index contributed by atoms with van der Waals surface area (Å²) in [6, 6.07) is 22.5. The Labute approximate surface area is 193 Å². The molecule has 0 spiro atoms. The highest BCUT2D eigenvalue weighted by atomic mass is 32.1. The second kappa shape index (κ2) is 9.09. The van der Waals surface area contributed by atoms with Gasteiger partial charge in [-0.2, -0.15) is 9.61 Å². The average Bonchev–Trinajstić information content (AvgIpc) is 3.46. The Balaban J connectivity index is 1.30. The molecule has 0 aliphatic carbocycles. The minimum atomic E-state index is -0.252. The largest absolute Gasteiger partial charge is 0.495 e. The van der Waals surface area contributed by atoms with Crippen LogP contribution in [0.25, 0.3) is 15.5 Å². The SMILES string of the molecule is COc1ccc(-c2nn3cnnc3s2)cc1NC(=O)c1ccc(OCc2ccccc2)cc1. The van der Waals surface area contributed by atoms with Gasteiger partial charge in [-0.3, -0.25) is 4.79 Å². The Kier molecular flexibility index (Phi) is 5.69. The lowest BCUT2D eigenvalue weighted by molar-refractivity contribution is 0.102. The third-order valence-corrected chi connectivity index (χ3v) is 5.91. The van der Waals surface area contributed by atoms with E-state index >= 15 is 0 Å². The van der Waals surface area contributed by atoms with Gasteiger partial charge < -0.3 is 14.8 Å². The van der Waals surface area contributed by atoms with Crippen molar-refractivity contribution in [1.82, 2.24) is 19.8 Å². The first-order valence-electron chi connectivity index (χ1n) is 10.1. The number of anilines is 1. The molecular weight excluding hydrogens is 438 g/mol. The van der Waals surface area contributed by atoms with E-state index in [2.05, 4.69) is 20.6 Å². The number of methoxy groups -OCH3 is 1. The van der Waals surface area contributed by atoms with E-state index in [4.69, 9.17) is 9.47 Å². The standard InChI is InChI=1S/C24H19N5O3S/c1-31-21-12-9-18(23-28-29-15-25-27-24(29)33-23)13-20(21)26-22(30)17-7-10-19(11-8-17)32-14-16-5-3-2-4-6-16/h2-13,15H,14H2,1H3,(H,26,30). The number of carbonyl (C=O) groups excluding carboxylic acids is 1. The molecule has 0 fully saturated rings. The number of carbonyl (C=O) groups is 1. The van der Waals surface area contributed by atoms with Gasteiger partial charge in [0, 0.05) is 11.1 Å². The summed E-state index contributed by atoms with van der Waals surface area (Å²) >= 11 is 1.41. The van der Waals surface area contributed by atoms with Crippen LogP contribution in [0.5, 0.6) is 11.5 Å². The molecule has 0 atom stereocenters. The Hall–Kier alpha value is -4.24. The molecule has 0 unspecified atom stereocenters. The van der Waals surface area contributed by atoms with Crippen LogP contribution in [0.15, 0.2) is 79.1 Å². The minimum absolute atomic E-state index is 0.252. The first-order valence-corrected chi connectivity index (χ1v) is 10.9. The van der Waals surface area contributed by atoms with Gasteiger partial charge in [0.05, 0.1) is 12.8 Å². The van der Waals surface area contributed by atoms with Crippen molar-refractivity contribution in [1.29, 1.82) is 0 Å². The smallest absolute Gasteiger partial charge is 0.255 e. The molecule has 0 aliphatic rings. The van der Waals surface area contributed by atoms with Crippen molar-refractivity contribution in [3.05, 3.63) is 90.3 Å². The van der Waals surface area contributed by atoms with Gasteiger partial charge in [-0.05, 0) is 48.0 Å². The van der Waals surface area contributed by atoms with Gasteiger partial charge in [-0.25, -0.2) is 0 Å². The molecule has 5 aromatic rings. The van der Waals surface area contributed by atoms with Gasteiger partial charge in [0.25, 0.3) is 5.91 Å². The number of fused-ring (bicyclic) bond motifs is 1. The summed E-state index contributed by atoms with van der Waals surface area (Å²) in [5.74, 6) is 0.995. The summed E-state index contributed by atoms with van der Waals surface area (Å²) in [5.41, 5.74) is 2.98. The number of hydrogen-bond donors (Lipinski definition) is 1. The van der Waals surface area contributed by atoms with Crippen LogP contribution in [0.2, 0.25) is 0 Å². The number of rotatable bonds is 7. The summed E-state index contributed by atoms with van der Waals surface area (Å²) in [4.78, 5) is 13.6. The molecule has 0 bridgehead atoms. The van der Waals surface area contributed by atoms with Gasteiger partial charge >= 0.3 is 0 Å². The van der Waals surface area contributed by atoms with Crippen molar-refractivity contribution >= 4 is 27.9 Å². The fraction of sp³-hybridized carbons (Fsp3) is 0.0833. The molecule has 1 amide bonds. The number of nitrogens with zero attached hydrogens (tertiary/aromatic N) is 4. The quantitative estimate of drug-likeness (QED) is 0.381. The van der Waals surface area contributed by atoms with Crippen molar-refractivity contribution in [2.75, 3.05) is 12.4 Å². The van der Waals surface area contributed by atoms with Crippen LogP contribution in [0, 0.1) is 0 Å². The van der Waals surface area contributed by atoms with Gasteiger partial charge in [-0.15, -0.1) is 10.2 Å². The maximum absolute atomic E-state index is 12.9. The van der Waals surface area contributed by atoms with E-state index in [0.29, 0.717) is 34.3 Å². The number of aromatic nitrogens is 4. The second-order valence-corrected chi connectivity index (χ2v) is 8.09. The first-order chi connectivity index (χ1) is 16.2. The Bertz CT molecular complexity index is 1370. The van der Waals surface area contributed by atoms with E-state index in [-0.39, 0.29) is 5.91 Å². The Morgan fingerprint density at radius 1 is 1.06 bits per heavy atom. The fourth-order valence-electron chi connectivity index (χ4n) is 3.25. The van der Waals surface area contributed by atoms with Crippen LogP contribution in [0.3, 0.4) is 0 Å². The lowest BCUT2D eigenvalue weighted by atomic mass is 10.1. The van der Waals surface area contributed by atoms with Crippen molar-refractivity contribution in [2.45, 2.75) is 6.61 Å². The van der Waals surface area contributed by atoms with E-state index in [0.717, 1.165) is 16.1 Å². The molecule has 1 N–H and O–H groups in total. The normalized spacial score (nSPS) is 10.8. The molecule has 3 aromatic carbocycles. The summed E-state index contributed by atoms with van der Waals surface area (Å²) in [7, 11) is 1.56. The van der Waals surface area contributed by atoms with E-state index < -0.39 is 0 Å². The molecule has 164 valence electrons. The minimum Gasteiger partial charge on any atom is -0.495 e. The topological polar surface area (TPSA) is 90.6 Å². The van der Waals surface area contributed by atoms with E-state index in [1.54, 1.807) is 48.3 Å². The maximum atomic E-state index is 12.9. The summed E-state index contributed by atoms with van der Waals surface area (Å²) in [6.07, 6.45) is 1.55. The molecule has 0 saturated carbocycles. The number of amides is 1. The molecular formula is C24H19N5O3S. The van der Waals surface area contributed by atoms with E-state index in [9.17, 15) is 4.79 Å². The monoisotopic (exact) mass is 457 g/mol. The zero-order valence-corrected chi connectivity index (χ0v) is 18.5. The van der Waals surface area contributed by atoms with Crippen molar-refractivity contribution in [2.24, 2.45) is 0 Å². The van der Waals surface area contributed by atoms with Crippen LogP contribution in [-0.2, 0) is 6.61 Å². The first kappa shape index (κ1) is 20.7. The van der Waals surface area contributed by atoms with Crippen LogP contribution in [0.4, 0.5) is 5.69 Å². The zero-order valence-electron chi connectivity index (χ0n) is 17.6. The molecule has 9 heteroatoms. The third-order valence-electron chi connectivity index (χ3n) is 4.95. The van der Waals surface area contributed by atoms with E-state index in [1.165, 1.54) is 11.3 Å². The summed E-state index contributed by atoms with van der Waals surface area (Å²) in [5, 5.41) is 16.0. The van der Waals surface area contributed by atoms with Crippen molar-refractivity contribution in [3.8, 4) is 22.1 Å². The lowest BCUT2D eigenvalue weighted by Crippen LogP contribution is -2.12. The van der Waals surface area contributed by atoms with Gasteiger partial charge in [0.2, 0.25) is 4.96 Å². The Morgan fingerprint density at radius 3 is 2.64 bits per heavy atom. The highest BCUT2D eigenvalue weighted by Gasteiger charge is 2.14. The molecule has 5 rings (SSSR count). The van der Waals surface area contributed by atoms with Crippen molar-refractivity contribution < 1.29 is 14.3 Å². The predicted molar refractivity (Wildman–Crippen MR) is 126 cm³/mol. The molecule has 0 aliphatic heterocycles. The van der Waals surface area contributed by atoms with Gasteiger partial charge in [0.1, 0.15) is 29.4 Å². The molecule has 2 heterocycles. The number of ether oxygens (including phenoxy) is 2. The number of nitrogens with one attached hydrogen (secondary N) is 1. The van der Waals surface area contributed by atoms with Crippen LogP contribution < -0.4 is 14.8 Å². The van der Waals surface area contributed by atoms with Gasteiger partial charge in [-0.1, -0.05) is 41.7 Å². The highest BCUT2D eigenvalue weighted by Crippen LogP contribution is 2.33. The zero-order chi connectivity index (χ0) is 22.6. The van der Waals surface area contributed by atoms with Crippen LogP contribution in [-0.4, -0.2) is 32.8 Å². The molecule has 0 radical (unpaired) electrons. The Morgan fingerprint density at radius 2 is 1.88 bits per heavy atom. The highest BCUT2D eigenvalue weighted by molar-refractivity contribution is 7.19. The van der Waals surface area contributed by atoms with E-state index in [1.807, 2.05) is 42.5 Å². The summed E-state index contributed by atoms with van der Waals surface area (Å²) < 4.78 is 12.8. The fourth-order valence-corrected chi connectivity index (χ4v) is 4.07. The lowest BCUT2D eigenvalue weighted by Gasteiger charge is -2.12. The molecule has 33 heavy (non-hydrogen) atoms. The third kappa shape index (κ3) is 4.53. The summed E-state index contributed by atoms with van der Waals surface area (Å²) in [6.45, 7) is 0.466. The predicted octanol–water partition coefficient (Wildman–Crippen LogP) is 4.69. The van der Waals surface area contributed by atoms with Crippen LogP contribution >= 0.6 is 11.3 Å². The number of hydrogen-bond acceptors (Lipinski definition) is 7. The van der Waals surface area contributed by atoms with Crippen molar-refractivity contribution in [3.63, 3.8) is 0 Å². The maximum Gasteiger partial charge on any atom is 0.255 e. The van der Waals surface area contributed by atoms with Crippen LogP contribution in [0.1, 0.15) is 15.9 Å². The van der Waals surface area contributed by atoms with Gasteiger partial charge in [0.15, 0.2) is 0 Å².